The van der Waals surface area contributed by atoms with Gasteiger partial charge >= 0.3 is 12.0 Å². The second kappa shape index (κ2) is 9.24. The van der Waals surface area contributed by atoms with Crippen LogP contribution in [0.3, 0.4) is 0 Å². The highest BCUT2D eigenvalue weighted by Crippen LogP contribution is 2.50. The highest BCUT2D eigenvalue weighted by Gasteiger charge is 2.43. The summed E-state index contributed by atoms with van der Waals surface area (Å²) in [6.45, 7) is 6.57. The first-order valence-electron chi connectivity index (χ1n) is 11.1. The Morgan fingerprint density at radius 3 is 2.77 bits per heavy atom. The molecule has 1 aromatic heterocycles. The second-order valence-electron chi connectivity index (χ2n) is 9.03. The highest BCUT2D eigenvalue weighted by molar-refractivity contribution is 5.70. The summed E-state index contributed by atoms with van der Waals surface area (Å²) in [5.41, 5.74) is 0.175. The fourth-order valence-corrected chi connectivity index (χ4v) is 4.54. The van der Waals surface area contributed by atoms with E-state index in [1.165, 1.54) is 18.6 Å². The molecule has 1 saturated heterocycles. The number of hydrogen-bond acceptors (Lipinski definition) is 6. The molecule has 4 rings (SSSR count). The minimum Gasteiger partial charge on any atom is -0.493 e. The molecule has 0 bridgehead atoms. The molecule has 1 aliphatic carbocycles. The van der Waals surface area contributed by atoms with E-state index in [1.54, 1.807) is 6.07 Å². The summed E-state index contributed by atoms with van der Waals surface area (Å²) in [7, 11) is 0. The lowest BCUT2D eigenvalue weighted by Gasteiger charge is -2.30. The van der Waals surface area contributed by atoms with Crippen LogP contribution >= 0.6 is 0 Å². The number of aliphatic carboxylic acids is 1. The molecule has 7 nitrogen and oxygen atoms in total. The van der Waals surface area contributed by atoms with Crippen LogP contribution in [0.2, 0.25) is 0 Å². The van der Waals surface area contributed by atoms with E-state index < -0.39 is 11.8 Å². The Balaban J connectivity index is 1.17. The number of piperidine rings is 1. The van der Waals surface area contributed by atoms with Gasteiger partial charge in [0, 0.05) is 25.1 Å². The van der Waals surface area contributed by atoms with Crippen molar-refractivity contribution in [2.75, 3.05) is 24.6 Å². The topological polar surface area (TPSA) is 88.7 Å². The minimum absolute atomic E-state index is 0.175. The summed E-state index contributed by atoms with van der Waals surface area (Å²) in [5, 5.41) is 12.8. The molecular weight excluding hydrogens is 401 g/mol. The van der Waals surface area contributed by atoms with Crippen molar-refractivity contribution in [2.24, 2.45) is 17.8 Å². The van der Waals surface area contributed by atoms with Crippen LogP contribution in [-0.2, 0) is 11.2 Å². The van der Waals surface area contributed by atoms with E-state index in [1.807, 2.05) is 0 Å². The summed E-state index contributed by atoms with van der Waals surface area (Å²) in [6, 6.07) is 5.05. The van der Waals surface area contributed by atoms with Gasteiger partial charge in [0.2, 0.25) is 0 Å². The Morgan fingerprint density at radius 1 is 1.35 bits per heavy atom. The number of anilines is 1. The summed E-state index contributed by atoms with van der Waals surface area (Å²) in [5.74, 6) is 2.05. The van der Waals surface area contributed by atoms with Gasteiger partial charge in [-0.1, -0.05) is 25.1 Å². The fraction of sp³-hybridized carbons (Fsp3) is 0.609. The van der Waals surface area contributed by atoms with E-state index in [0.717, 1.165) is 50.0 Å². The van der Waals surface area contributed by atoms with Crippen molar-refractivity contribution in [3.63, 3.8) is 0 Å². The molecule has 2 atom stereocenters. The number of benzene rings is 1. The van der Waals surface area contributed by atoms with Gasteiger partial charge < -0.3 is 19.3 Å². The van der Waals surface area contributed by atoms with E-state index in [4.69, 9.17) is 14.4 Å². The summed E-state index contributed by atoms with van der Waals surface area (Å²) >= 11 is 0. The number of aromatic nitrogens is 2. The van der Waals surface area contributed by atoms with Gasteiger partial charge in [0.15, 0.2) is 5.82 Å². The van der Waals surface area contributed by atoms with Gasteiger partial charge in [-0.3, -0.25) is 4.79 Å². The van der Waals surface area contributed by atoms with E-state index in [0.29, 0.717) is 24.3 Å². The van der Waals surface area contributed by atoms with Gasteiger partial charge in [0.1, 0.15) is 11.6 Å². The SMILES string of the molecule is CC(C)c1noc(N2CCC([C@H]3C[C@H]3CCOc3ccc(CC(=O)O)c(F)c3)CC2)n1. The molecule has 1 N–H and O–H groups in total. The monoisotopic (exact) mass is 431 g/mol. The van der Waals surface area contributed by atoms with Gasteiger partial charge in [-0.05, 0) is 55.1 Å². The number of carboxylic acid groups (broad SMARTS) is 1. The molecule has 1 aromatic carbocycles. The number of carboxylic acids is 1. The molecule has 2 aromatic rings. The van der Waals surface area contributed by atoms with Crippen LogP contribution in [0, 0.1) is 23.6 Å². The quantitative estimate of drug-likeness (QED) is 0.634. The van der Waals surface area contributed by atoms with Gasteiger partial charge in [0.05, 0.1) is 13.0 Å². The van der Waals surface area contributed by atoms with E-state index in [9.17, 15) is 9.18 Å². The highest BCUT2D eigenvalue weighted by atomic mass is 19.1. The number of halogens is 1. The Labute approximate surface area is 181 Å². The third-order valence-corrected chi connectivity index (χ3v) is 6.46. The van der Waals surface area contributed by atoms with E-state index in [-0.39, 0.29) is 17.9 Å². The predicted molar refractivity (Wildman–Crippen MR) is 113 cm³/mol. The van der Waals surface area contributed by atoms with Crippen LogP contribution in [0.15, 0.2) is 22.7 Å². The zero-order valence-corrected chi connectivity index (χ0v) is 18.1. The second-order valence-corrected chi connectivity index (χ2v) is 9.03. The average Bonchev–Trinajstić information content (AvgIpc) is 3.32. The summed E-state index contributed by atoms with van der Waals surface area (Å²) in [6.07, 6.45) is 4.15. The molecule has 1 saturated carbocycles. The van der Waals surface area contributed by atoms with Crippen LogP contribution < -0.4 is 9.64 Å². The molecule has 2 aliphatic rings. The lowest BCUT2D eigenvalue weighted by atomic mass is 9.90. The van der Waals surface area contributed by atoms with Crippen molar-refractivity contribution >= 4 is 12.0 Å². The van der Waals surface area contributed by atoms with Crippen molar-refractivity contribution in [3.8, 4) is 5.75 Å². The van der Waals surface area contributed by atoms with Crippen molar-refractivity contribution < 1.29 is 23.6 Å². The normalized spacial score (nSPS) is 21.5. The maximum absolute atomic E-state index is 13.9. The first kappa shape index (κ1) is 21.6. The summed E-state index contributed by atoms with van der Waals surface area (Å²) < 4.78 is 25.1. The molecule has 0 spiro atoms. The third kappa shape index (κ3) is 5.35. The first-order valence-corrected chi connectivity index (χ1v) is 11.1. The zero-order valence-electron chi connectivity index (χ0n) is 18.1. The molecule has 31 heavy (non-hydrogen) atoms. The van der Waals surface area contributed by atoms with Gasteiger partial charge in [-0.15, -0.1) is 0 Å². The van der Waals surface area contributed by atoms with Crippen molar-refractivity contribution in [2.45, 2.75) is 51.9 Å². The number of ether oxygens (including phenoxy) is 1. The van der Waals surface area contributed by atoms with E-state index in [2.05, 4.69) is 28.9 Å². The molecule has 1 aliphatic heterocycles. The maximum atomic E-state index is 13.9. The van der Waals surface area contributed by atoms with Crippen LogP contribution in [0.5, 0.6) is 5.75 Å². The lowest BCUT2D eigenvalue weighted by Crippen LogP contribution is -2.34. The molecule has 0 radical (unpaired) electrons. The molecule has 8 heteroatoms. The van der Waals surface area contributed by atoms with Crippen LogP contribution in [-0.4, -0.2) is 40.9 Å². The molecule has 0 amide bonds. The van der Waals surface area contributed by atoms with Crippen molar-refractivity contribution in [1.82, 2.24) is 10.1 Å². The van der Waals surface area contributed by atoms with Crippen molar-refractivity contribution in [3.05, 3.63) is 35.4 Å². The Hall–Kier alpha value is -2.64. The number of rotatable bonds is 9. The first-order chi connectivity index (χ1) is 14.9. The van der Waals surface area contributed by atoms with Crippen LogP contribution in [0.1, 0.15) is 56.8 Å². The van der Waals surface area contributed by atoms with Gasteiger partial charge in [-0.25, -0.2) is 4.39 Å². The molecular formula is C23H30FN3O4. The van der Waals surface area contributed by atoms with Gasteiger partial charge in [-0.2, -0.15) is 4.98 Å². The van der Waals surface area contributed by atoms with Gasteiger partial charge in [0.25, 0.3) is 0 Å². The fourth-order valence-electron chi connectivity index (χ4n) is 4.54. The minimum atomic E-state index is -1.05. The maximum Gasteiger partial charge on any atom is 0.324 e. The van der Waals surface area contributed by atoms with Crippen LogP contribution in [0.25, 0.3) is 0 Å². The lowest BCUT2D eigenvalue weighted by molar-refractivity contribution is -0.136. The Kier molecular flexibility index (Phi) is 6.43. The smallest absolute Gasteiger partial charge is 0.324 e. The zero-order chi connectivity index (χ0) is 22.0. The summed E-state index contributed by atoms with van der Waals surface area (Å²) in [4.78, 5) is 17.4. The standard InChI is InChI=1S/C23H30FN3O4/c1-14(2)22-25-23(31-26-22)27-8-5-15(6-9-27)19-11-16(19)7-10-30-18-4-3-17(12-21(28)29)20(24)13-18/h3-4,13-16,19H,5-12H2,1-2H3,(H,28,29)/t16-,19-/m1/s1. The Morgan fingerprint density at radius 2 is 2.13 bits per heavy atom. The molecule has 2 heterocycles. The van der Waals surface area contributed by atoms with Crippen molar-refractivity contribution in [1.29, 1.82) is 0 Å². The molecule has 0 unspecified atom stereocenters. The molecule has 168 valence electrons. The number of hydrogen-bond donors (Lipinski definition) is 1. The molecule has 2 fully saturated rings. The van der Waals surface area contributed by atoms with Crippen LogP contribution in [0.4, 0.5) is 10.4 Å². The van der Waals surface area contributed by atoms with E-state index >= 15 is 0 Å². The average molecular weight is 432 g/mol. The Bertz CT molecular complexity index is 908. The number of nitrogens with zero attached hydrogens (tertiary/aromatic N) is 3. The third-order valence-electron chi connectivity index (χ3n) is 6.46. The largest absolute Gasteiger partial charge is 0.493 e. The number of carbonyl (C=O) groups is 1. The predicted octanol–water partition coefficient (Wildman–Crippen LogP) is 4.28.